The highest BCUT2D eigenvalue weighted by Crippen LogP contribution is 2.33. The number of likely N-dealkylation sites (tertiary alicyclic amines) is 1. The molecule has 2 aliphatic heterocycles. The van der Waals surface area contributed by atoms with Crippen molar-refractivity contribution in [1.82, 2.24) is 4.90 Å². The number of hydrogen-bond acceptors (Lipinski definition) is 7. The molecule has 3 aromatic carbocycles. The number of benzene rings is 3. The van der Waals surface area contributed by atoms with Gasteiger partial charge in [-0.05, 0) is 35.9 Å². The number of hydrogen-bond donors (Lipinski definition) is 2. The van der Waals surface area contributed by atoms with E-state index in [-0.39, 0.29) is 23.1 Å². The molecule has 1 unspecified atom stereocenters. The molecule has 11 heteroatoms. The first-order chi connectivity index (χ1) is 19.3. The van der Waals surface area contributed by atoms with Crippen molar-refractivity contribution in [1.29, 1.82) is 0 Å². The first-order valence-electron chi connectivity index (χ1n) is 13.1. The summed E-state index contributed by atoms with van der Waals surface area (Å²) >= 11 is 0. The quantitative estimate of drug-likeness (QED) is 0.410. The smallest absolute Gasteiger partial charge is 0.264 e. The Balaban J connectivity index is 1.37. The highest BCUT2D eigenvalue weighted by Gasteiger charge is 2.34. The van der Waals surface area contributed by atoms with Crippen LogP contribution in [0.15, 0.2) is 77.7 Å². The molecule has 5 rings (SSSR count). The van der Waals surface area contributed by atoms with Crippen LogP contribution in [-0.4, -0.2) is 65.1 Å². The van der Waals surface area contributed by atoms with Gasteiger partial charge in [-0.25, -0.2) is 8.42 Å². The summed E-state index contributed by atoms with van der Waals surface area (Å²) < 4.78 is 40.8. The lowest BCUT2D eigenvalue weighted by Crippen LogP contribution is -2.37. The Morgan fingerprint density at radius 3 is 2.50 bits per heavy atom. The number of ether oxygens (including phenoxy) is 2. The largest absolute Gasteiger partial charge is 0.495 e. The summed E-state index contributed by atoms with van der Waals surface area (Å²) in [5, 5.41) is 2.84. The van der Waals surface area contributed by atoms with Crippen molar-refractivity contribution in [2.75, 3.05) is 54.9 Å². The van der Waals surface area contributed by atoms with Crippen molar-refractivity contribution in [3.05, 3.63) is 78.4 Å². The van der Waals surface area contributed by atoms with Crippen LogP contribution < -0.4 is 19.7 Å². The predicted molar refractivity (Wildman–Crippen MR) is 152 cm³/mol. The summed E-state index contributed by atoms with van der Waals surface area (Å²) in [5.74, 6) is -0.573. The molecule has 0 bridgehead atoms. The summed E-state index contributed by atoms with van der Waals surface area (Å²) in [6.45, 7) is 2.76. The van der Waals surface area contributed by atoms with Gasteiger partial charge in [0.15, 0.2) is 0 Å². The second-order valence-electron chi connectivity index (χ2n) is 9.74. The number of amides is 2. The average molecular weight is 565 g/mol. The third kappa shape index (κ3) is 6.21. The van der Waals surface area contributed by atoms with Gasteiger partial charge in [0.2, 0.25) is 11.8 Å². The van der Waals surface area contributed by atoms with Gasteiger partial charge in [0.05, 0.1) is 37.6 Å². The van der Waals surface area contributed by atoms with Gasteiger partial charge in [-0.15, -0.1) is 0 Å². The summed E-state index contributed by atoms with van der Waals surface area (Å²) in [6, 6.07) is 21.2. The molecule has 2 saturated heterocycles. The molecule has 2 N–H and O–H groups in total. The zero-order valence-corrected chi connectivity index (χ0v) is 23.0. The third-order valence-corrected chi connectivity index (χ3v) is 8.42. The van der Waals surface area contributed by atoms with Gasteiger partial charge in [0.1, 0.15) is 10.6 Å². The number of nitrogens with zero attached hydrogens (tertiary/aromatic N) is 2. The minimum Gasteiger partial charge on any atom is -0.495 e. The maximum Gasteiger partial charge on any atom is 0.264 e. The molecule has 40 heavy (non-hydrogen) atoms. The minimum absolute atomic E-state index is 0.0197. The Morgan fingerprint density at radius 2 is 1.75 bits per heavy atom. The molecule has 0 aliphatic carbocycles. The van der Waals surface area contributed by atoms with Crippen LogP contribution in [0.3, 0.4) is 0 Å². The van der Waals surface area contributed by atoms with Crippen molar-refractivity contribution in [3.8, 4) is 5.75 Å². The monoisotopic (exact) mass is 564 g/mol. The highest BCUT2D eigenvalue weighted by atomic mass is 32.2. The van der Waals surface area contributed by atoms with E-state index in [9.17, 15) is 18.0 Å². The topological polar surface area (TPSA) is 117 Å². The number of carbonyl (C=O) groups is 2. The summed E-state index contributed by atoms with van der Waals surface area (Å²) in [5.41, 5.74) is 2.13. The fourth-order valence-electron chi connectivity index (χ4n) is 4.95. The Bertz CT molecular complexity index is 1470. The van der Waals surface area contributed by atoms with Crippen LogP contribution in [0.2, 0.25) is 0 Å². The zero-order chi connectivity index (χ0) is 28.1. The maximum atomic E-state index is 13.7. The van der Waals surface area contributed by atoms with Gasteiger partial charge >= 0.3 is 0 Å². The van der Waals surface area contributed by atoms with Crippen LogP contribution in [0.1, 0.15) is 12.0 Å². The van der Waals surface area contributed by atoms with Crippen LogP contribution in [0.25, 0.3) is 0 Å². The fraction of sp³-hybridized carbons (Fsp3) is 0.310. The first kappa shape index (κ1) is 27.5. The van der Waals surface area contributed by atoms with Crippen LogP contribution in [0.5, 0.6) is 5.75 Å². The van der Waals surface area contributed by atoms with Crippen LogP contribution in [0, 0.1) is 5.92 Å². The van der Waals surface area contributed by atoms with Crippen molar-refractivity contribution < 1.29 is 27.5 Å². The summed E-state index contributed by atoms with van der Waals surface area (Å²) in [6.07, 6.45) is 0.102. The van der Waals surface area contributed by atoms with Crippen molar-refractivity contribution in [2.24, 2.45) is 5.92 Å². The number of nitrogens with one attached hydrogen (secondary N) is 2. The number of carbonyl (C=O) groups excluding carboxylic acids is 2. The van der Waals surface area contributed by atoms with Gasteiger partial charge in [-0.1, -0.05) is 42.5 Å². The van der Waals surface area contributed by atoms with E-state index in [2.05, 4.69) is 10.0 Å². The van der Waals surface area contributed by atoms with Crippen LogP contribution in [-0.2, 0) is 30.9 Å². The number of morpholine rings is 1. The van der Waals surface area contributed by atoms with E-state index in [1.807, 2.05) is 35.2 Å². The lowest BCUT2D eigenvalue weighted by molar-refractivity contribution is -0.128. The fourth-order valence-corrected chi connectivity index (χ4v) is 6.27. The molecule has 0 spiro atoms. The Morgan fingerprint density at radius 1 is 1.02 bits per heavy atom. The minimum atomic E-state index is -4.08. The Labute approximate surface area is 233 Å². The summed E-state index contributed by atoms with van der Waals surface area (Å²) in [7, 11) is -2.61. The molecule has 0 radical (unpaired) electrons. The van der Waals surface area contributed by atoms with Crippen LogP contribution >= 0.6 is 0 Å². The molecule has 2 amide bonds. The molecule has 1 atom stereocenters. The van der Waals surface area contributed by atoms with E-state index in [4.69, 9.17) is 9.47 Å². The van der Waals surface area contributed by atoms with E-state index in [0.717, 1.165) is 5.56 Å². The number of methoxy groups -OCH3 is 1. The molecule has 2 aliphatic rings. The van der Waals surface area contributed by atoms with E-state index in [0.29, 0.717) is 62.2 Å². The van der Waals surface area contributed by atoms with Gasteiger partial charge in [-0.3, -0.25) is 14.3 Å². The van der Waals surface area contributed by atoms with Gasteiger partial charge in [0.25, 0.3) is 10.0 Å². The molecule has 2 heterocycles. The predicted octanol–water partition coefficient (Wildman–Crippen LogP) is 3.32. The van der Waals surface area contributed by atoms with Crippen molar-refractivity contribution in [2.45, 2.75) is 17.9 Å². The Hall–Kier alpha value is -4.09. The SMILES string of the molecule is COc1ccccc1NS(=O)(=O)c1cc(NC(=O)C2CC(=O)N(Cc3ccccc3)C2)ccc1N1CCOCC1. The molecule has 3 aromatic rings. The second-order valence-corrected chi connectivity index (χ2v) is 11.4. The second kappa shape index (κ2) is 12.0. The van der Waals surface area contributed by atoms with E-state index in [1.165, 1.54) is 13.2 Å². The number of anilines is 3. The molecular formula is C29H32N4O6S. The van der Waals surface area contributed by atoms with Crippen molar-refractivity contribution >= 4 is 38.9 Å². The molecular weight excluding hydrogens is 532 g/mol. The highest BCUT2D eigenvalue weighted by molar-refractivity contribution is 7.93. The van der Waals surface area contributed by atoms with E-state index in [1.54, 1.807) is 41.3 Å². The maximum absolute atomic E-state index is 13.7. The van der Waals surface area contributed by atoms with E-state index < -0.39 is 15.9 Å². The van der Waals surface area contributed by atoms with Gasteiger partial charge < -0.3 is 24.6 Å². The average Bonchev–Trinajstić information content (AvgIpc) is 3.34. The Kier molecular flexibility index (Phi) is 8.22. The third-order valence-electron chi connectivity index (χ3n) is 7.02. The number of sulfonamides is 1. The normalized spacial score (nSPS) is 17.5. The van der Waals surface area contributed by atoms with Gasteiger partial charge in [-0.2, -0.15) is 0 Å². The van der Waals surface area contributed by atoms with Gasteiger partial charge in [0, 0.05) is 38.3 Å². The molecule has 0 aromatic heterocycles. The van der Waals surface area contributed by atoms with E-state index >= 15 is 0 Å². The number of rotatable bonds is 9. The van der Waals surface area contributed by atoms with Crippen molar-refractivity contribution in [3.63, 3.8) is 0 Å². The molecule has 210 valence electrons. The lowest BCUT2D eigenvalue weighted by atomic mass is 10.1. The van der Waals surface area contributed by atoms with Crippen LogP contribution in [0.4, 0.5) is 17.1 Å². The zero-order valence-electron chi connectivity index (χ0n) is 22.2. The summed E-state index contributed by atoms with van der Waals surface area (Å²) in [4.78, 5) is 29.4. The lowest BCUT2D eigenvalue weighted by Gasteiger charge is -2.30. The molecule has 0 saturated carbocycles. The standard InChI is InChI=1S/C29H32N4O6S/c1-38-26-10-6-5-9-24(26)31-40(36,37)27-18-23(11-12-25(27)32-13-15-39-16-14-32)30-29(35)22-17-28(34)33(20-22)19-21-7-3-2-4-8-21/h2-12,18,22,31H,13-17,19-20H2,1H3,(H,30,35). The number of para-hydroxylation sites is 2. The molecule has 2 fully saturated rings. The first-order valence-corrected chi connectivity index (χ1v) is 14.6. The molecule has 10 nitrogen and oxygen atoms in total.